The minimum absolute atomic E-state index is 0.0670. The summed E-state index contributed by atoms with van der Waals surface area (Å²) in [6.45, 7) is 7.09. The van der Waals surface area contributed by atoms with Crippen LogP contribution in [0.25, 0.3) is 0 Å². The average molecular weight is 216 g/mol. The molecular weight excluding hydrogens is 192 g/mol. The lowest BCUT2D eigenvalue weighted by Gasteiger charge is -2.25. The standard InChI is InChI=1S/C11H24N2O2/c1-9(7-12)5-6-10(14)13-11(2,3)8-15-4/h9H,5-8,12H2,1-4H3,(H,13,14). The second-order valence-corrected chi connectivity index (χ2v) is 4.74. The van der Waals surface area contributed by atoms with E-state index >= 15 is 0 Å². The minimum atomic E-state index is -0.294. The van der Waals surface area contributed by atoms with Gasteiger partial charge in [-0.05, 0) is 32.7 Å². The van der Waals surface area contributed by atoms with Gasteiger partial charge in [-0.2, -0.15) is 0 Å². The molecule has 0 fully saturated rings. The number of ether oxygens (including phenoxy) is 1. The second kappa shape index (κ2) is 6.80. The van der Waals surface area contributed by atoms with Crippen molar-refractivity contribution in [3.63, 3.8) is 0 Å². The first-order chi connectivity index (χ1) is 6.91. The van der Waals surface area contributed by atoms with E-state index in [0.29, 0.717) is 25.5 Å². The van der Waals surface area contributed by atoms with Crippen molar-refractivity contribution >= 4 is 5.91 Å². The number of nitrogens with one attached hydrogen (secondary N) is 1. The number of hydrogen-bond donors (Lipinski definition) is 2. The third-order valence-corrected chi connectivity index (χ3v) is 2.25. The largest absolute Gasteiger partial charge is 0.382 e. The number of amides is 1. The molecule has 0 aromatic carbocycles. The Kier molecular flexibility index (Phi) is 6.52. The van der Waals surface area contributed by atoms with Gasteiger partial charge in [-0.3, -0.25) is 4.79 Å². The molecule has 0 saturated heterocycles. The van der Waals surface area contributed by atoms with Gasteiger partial charge in [0.1, 0.15) is 0 Å². The molecule has 90 valence electrons. The third-order valence-electron chi connectivity index (χ3n) is 2.25. The Morgan fingerprint density at radius 3 is 2.60 bits per heavy atom. The predicted octanol–water partition coefficient (Wildman–Crippen LogP) is 0.903. The molecule has 0 spiro atoms. The van der Waals surface area contributed by atoms with E-state index in [2.05, 4.69) is 5.32 Å². The molecule has 15 heavy (non-hydrogen) atoms. The number of carbonyl (C=O) groups is 1. The highest BCUT2D eigenvalue weighted by atomic mass is 16.5. The second-order valence-electron chi connectivity index (χ2n) is 4.74. The molecule has 0 radical (unpaired) electrons. The Bertz CT molecular complexity index is 193. The summed E-state index contributed by atoms with van der Waals surface area (Å²) >= 11 is 0. The molecule has 0 aromatic rings. The predicted molar refractivity (Wildman–Crippen MR) is 61.6 cm³/mol. The zero-order chi connectivity index (χ0) is 11.9. The highest BCUT2D eigenvalue weighted by Crippen LogP contribution is 2.06. The lowest BCUT2D eigenvalue weighted by Crippen LogP contribution is -2.46. The van der Waals surface area contributed by atoms with Crippen molar-refractivity contribution in [3.05, 3.63) is 0 Å². The van der Waals surface area contributed by atoms with E-state index in [0.717, 1.165) is 6.42 Å². The number of methoxy groups -OCH3 is 1. The summed E-state index contributed by atoms with van der Waals surface area (Å²) in [6, 6.07) is 0. The molecule has 0 rings (SSSR count). The van der Waals surface area contributed by atoms with Crippen molar-refractivity contribution in [3.8, 4) is 0 Å². The van der Waals surface area contributed by atoms with Gasteiger partial charge in [0.25, 0.3) is 0 Å². The van der Waals surface area contributed by atoms with E-state index in [1.54, 1.807) is 7.11 Å². The van der Waals surface area contributed by atoms with E-state index in [4.69, 9.17) is 10.5 Å². The Morgan fingerprint density at radius 1 is 1.53 bits per heavy atom. The molecule has 0 bridgehead atoms. The normalized spacial score (nSPS) is 13.7. The fourth-order valence-corrected chi connectivity index (χ4v) is 1.33. The van der Waals surface area contributed by atoms with Crippen molar-refractivity contribution in [2.75, 3.05) is 20.3 Å². The summed E-state index contributed by atoms with van der Waals surface area (Å²) in [5.74, 6) is 0.471. The maximum atomic E-state index is 11.5. The van der Waals surface area contributed by atoms with Crippen LogP contribution in [0.1, 0.15) is 33.6 Å². The topological polar surface area (TPSA) is 64.3 Å². The summed E-state index contributed by atoms with van der Waals surface area (Å²) in [5.41, 5.74) is 5.19. The Hall–Kier alpha value is -0.610. The third kappa shape index (κ3) is 7.33. The Morgan fingerprint density at radius 2 is 2.13 bits per heavy atom. The maximum absolute atomic E-state index is 11.5. The Balaban J connectivity index is 3.82. The minimum Gasteiger partial charge on any atom is -0.382 e. The van der Waals surface area contributed by atoms with E-state index in [1.807, 2.05) is 20.8 Å². The van der Waals surface area contributed by atoms with Crippen molar-refractivity contribution in [2.45, 2.75) is 39.2 Å². The summed E-state index contributed by atoms with van der Waals surface area (Å²) < 4.78 is 5.02. The van der Waals surface area contributed by atoms with Crippen molar-refractivity contribution in [1.29, 1.82) is 0 Å². The Labute approximate surface area is 92.6 Å². The number of nitrogens with two attached hydrogens (primary N) is 1. The van der Waals surface area contributed by atoms with Crippen molar-refractivity contribution in [2.24, 2.45) is 11.7 Å². The fraction of sp³-hybridized carbons (Fsp3) is 0.909. The molecule has 4 nitrogen and oxygen atoms in total. The summed E-state index contributed by atoms with van der Waals surface area (Å²) in [5, 5.41) is 2.93. The van der Waals surface area contributed by atoms with Crippen LogP contribution >= 0.6 is 0 Å². The maximum Gasteiger partial charge on any atom is 0.220 e. The lowest BCUT2D eigenvalue weighted by atomic mass is 10.0. The quantitative estimate of drug-likeness (QED) is 0.664. The van der Waals surface area contributed by atoms with Gasteiger partial charge in [0.15, 0.2) is 0 Å². The molecule has 3 N–H and O–H groups in total. The fourth-order valence-electron chi connectivity index (χ4n) is 1.33. The van der Waals surface area contributed by atoms with E-state index in [9.17, 15) is 4.79 Å². The molecule has 1 unspecified atom stereocenters. The van der Waals surface area contributed by atoms with Crippen LogP contribution in [0.5, 0.6) is 0 Å². The van der Waals surface area contributed by atoms with E-state index < -0.39 is 0 Å². The van der Waals surface area contributed by atoms with Crippen LogP contribution in [-0.2, 0) is 9.53 Å². The molecule has 0 aliphatic rings. The number of carbonyl (C=O) groups excluding carboxylic acids is 1. The number of rotatable bonds is 7. The first kappa shape index (κ1) is 14.4. The van der Waals surface area contributed by atoms with Crippen LogP contribution in [0.15, 0.2) is 0 Å². The lowest BCUT2D eigenvalue weighted by molar-refractivity contribution is -0.123. The van der Waals surface area contributed by atoms with Crippen LogP contribution in [0, 0.1) is 5.92 Å². The van der Waals surface area contributed by atoms with Gasteiger partial charge in [-0.15, -0.1) is 0 Å². The molecule has 0 aliphatic heterocycles. The van der Waals surface area contributed by atoms with Crippen molar-refractivity contribution < 1.29 is 9.53 Å². The van der Waals surface area contributed by atoms with Gasteiger partial charge in [-0.1, -0.05) is 6.92 Å². The zero-order valence-electron chi connectivity index (χ0n) is 10.3. The van der Waals surface area contributed by atoms with Gasteiger partial charge in [-0.25, -0.2) is 0 Å². The van der Waals surface area contributed by atoms with Crippen molar-refractivity contribution in [1.82, 2.24) is 5.32 Å². The van der Waals surface area contributed by atoms with Crippen LogP contribution in [0.2, 0.25) is 0 Å². The summed E-state index contributed by atoms with van der Waals surface area (Å²) in [7, 11) is 1.63. The molecule has 0 aromatic heterocycles. The zero-order valence-corrected chi connectivity index (χ0v) is 10.3. The summed E-state index contributed by atoms with van der Waals surface area (Å²) in [4.78, 5) is 11.5. The van der Waals surface area contributed by atoms with Gasteiger partial charge in [0.05, 0.1) is 12.1 Å². The molecule has 0 aliphatic carbocycles. The molecular formula is C11H24N2O2. The van der Waals surface area contributed by atoms with Crippen LogP contribution in [0.3, 0.4) is 0 Å². The van der Waals surface area contributed by atoms with Crippen LogP contribution in [-0.4, -0.2) is 31.7 Å². The van der Waals surface area contributed by atoms with E-state index in [-0.39, 0.29) is 11.4 Å². The molecule has 4 heteroatoms. The molecule has 0 heterocycles. The van der Waals surface area contributed by atoms with Gasteiger partial charge < -0.3 is 15.8 Å². The van der Waals surface area contributed by atoms with Gasteiger partial charge in [0.2, 0.25) is 5.91 Å². The highest BCUT2D eigenvalue weighted by molar-refractivity contribution is 5.76. The monoisotopic (exact) mass is 216 g/mol. The van der Waals surface area contributed by atoms with Gasteiger partial charge >= 0.3 is 0 Å². The van der Waals surface area contributed by atoms with Gasteiger partial charge in [0, 0.05) is 13.5 Å². The first-order valence-electron chi connectivity index (χ1n) is 5.41. The molecule has 0 saturated carbocycles. The SMILES string of the molecule is COCC(C)(C)NC(=O)CCC(C)CN. The van der Waals surface area contributed by atoms with E-state index in [1.165, 1.54) is 0 Å². The average Bonchev–Trinajstić information content (AvgIpc) is 2.13. The number of hydrogen-bond acceptors (Lipinski definition) is 3. The van der Waals surface area contributed by atoms with Crippen LogP contribution in [0.4, 0.5) is 0 Å². The molecule has 1 atom stereocenters. The van der Waals surface area contributed by atoms with Crippen LogP contribution < -0.4 is 11.1 Å². The summed E-state index contributed by atoms with van der Waals surface area (Å²) in [6.07, 6.45) is 1.37. The highest BCUT2D eigenvalue weighted by Gasteiger charge is 2.19. The smallest absolute Gasteiger partial charge is 0.220 e. The molecule has 1 amide bonds. The first-order valence-corrected chi connectivity index (χ1v) is 5.41.